The molecule has 4 rings (SSSR count). The number of imidazole rings is 1. The van der Waals surface area contributed by atoms with Gasteiger partial charge in [-0.25, -0.2) is 13.2 Å². The average Bonchev–Trinajstić information content (AvgIpc) is 3.09. The van der Waals surface area contributed by atoms with Crippen molar-refractivity contribution in [3.8, 4) is 5.75 Å². The molecule has 34 heavy (non-hydrogen) atoms. The Morgan fingerprint density at radius 1 is 1.06 bits per heavy atom. The molecule has 9 nitrogen and oxygen atoms in total. The van der Waals surface area contributed by atoms with Crippen LogP contribution in [0.1, 0.15) is 32.6 Å². The van der Waals surface area contributed by atoms with E-state index < -0.39 is 10.0 Å². The van der Waals surface area contributed by atoms with Gasteiger partial charge in [0.05, 0.1) is 17.6 Å². The third-order valence-electron chi connectivity index (χ3n) is 6.07. The summed E-state index contributed by atoms with van der Waals surface area (Å²) in [5.74, 6) is -0.0429. The van der Waals surface area contributed by atoms with Gasteiger partial charge < -0.3 is 10.1 Å². The molecule has 3 aromatic rings. The molecule has 0 bridgehead atoms. The lowest BCUT2D eigenvalue weighted by molar-refractivity contribution is -0.116. The van der Waals surface area contributed by atoms with Gasteiger partial charge in [0.2, 0.25) is 15.9 Å². The van der Waals surface area contributed by atoms with Crippen LogP contribution in [-0.2, 0) is 28.4 Å². The summed E-state index contributed by atoms with van der Waals surface area (Å²) < 4.78 is 36.8. The zero-order chi connectivity index (χ0) is 24.3. The summed E-state index contributed by atoms with van der Waals surface area (Å²) in [6.45, 7) is 3.28. The van der Waals surface area contributed by atoms with Gasteiger partial charge in [-0.1, -0.05) is 18.6 Å². The number of nitrogens with zero attached hydrogens (tertiary/aromatic N) is 3. The van der Waals surface area contributed by atoms with Crippen LogP contribution in [0.3, 0.4) is 0 Å². The molecule has 0 aliphatic carbocycles. The number of amides is 1. The van der Waals surface area contributed by atoms with Crippen molar-refractivity contribution in [3.05, 3.63) is 52.9 Å². The molecule has 1 N–H and O–H groups in total. The van der Waals surface area contributed by atoms with Crippen LogP contribution in [-0.4, -0.2) is 47.5 Å². The van der Waals surface area contributed by atoms with Crippen LogP contribution in [0.2, 0.25) is 0 Å². The Hall–Kier alpha value is -3.11. The van der Waals surface area contributed by atoms with Gasteiger partial charge in [-0.15, -0.1) is 0 Å². The molecule has 0 saturated carbocycles. The maximum Gasteiger partial charge on any atom is 0.328 e. The molecular weight excluding hydrogens is 456 g/mol. The van der Waals surface area contributed by atoms with Crippen LogP contribution in [0, 0.1) is 0 Å². The van der Waals surface area contributed by atoms with Crippen molar-refractivity contribution in [1.82, 2.24) is 13.4 Å². The number of piperidine rings is 1. The first kappa shape index (κ1) is 24.0. The zero-order valence-electron chi connectivity index (χ0n) is 19.5. The summed E-state index contributed by atoms with van der Waals surface area (Å²) >= 11 is 0. The number of carbonyl (C=O) groups is 1. The van der Waals surface area contributed by atoms with Gasteiger partial charge in [-0.05, 0) is 50.1 Å². The smallest absolute Gasteiger partial charge is 0.328 e. The van der Waals surface area contributed by atoms with E-state index in [1.807, 2.05) is 24.3 Å². The maximum atomic E-state index is 13.3. The lowest BCUT2D eigenvalue weighted by Crippen LogP contribution is -2.35. The maximum absolute atomic E-state index is 13.3. The number of benzene rings is 2. The number of hydrogen-bond acceptors (Lipinski definition) is 5. The molecule has 0 unspecified atom stereocenters. The van der Waals surface area contributed by atoms with E-state index in [1.54, 1.807) is 35.2 Å². The van der Waals surface area contributed by atoms with Crippen molar-refractivity contribution in [1.29, 1.82) is 0 Å². The van der Waals surface area contributed by atoms with E-state index >= 15 is 0 Å². The minimum Gasteiger partial charge on any atom is -0.492 e. The molecule has 182 valence electrons. The highest BCUT2D eigenvalue weighted by molar-refractivity contribution is 7.89. The normalized spacial score (nSPS) is 14.9. The molecule has 1 aromatic heterocycles. The summed E-state index contributed by atoms with van der Waals surface area (Å²) in [6, 6.07) is 12.1. The summed E-state index contributed by atoms with van der Waals surface area (Å²) in [5, 5.41) is 2.77. The van der Waals surface area contributed by atoms with Gasteiger partial charge in [-0.3, -0.25) is 13.9 Å². The lowest BCUT2D eigenvalue weighted by Gasteiger charge is -2.27. The number of sulfonamides is 1. The Balaban J connectivity index is 1.53. The molecule has 1 aliphatic rings. The monoisotopic (exact) mass is 486 g/mol. The number of carbonyl (C=O) groups excluding carboxylic acids is 1. The highest BCUT2D eigenvalue weighted by Crippen LogP contribution is 2.31. The molecule has 2 heterocycles. The Morgan fingerprint density at radius 2 is 1.76 bits per heavy atom. The first-order valence-electron chi connectivity index (χ1n) is 11.5. The number of rotatable bonds is 8. The average molecular weight is 487 g/mol. The summed E-state index contributed by atoms with van der Waals surface area (Å²) in [6.07, 6.45) is 2.73. The SMILES string of the molecule is CCOc1ccc(NC(=O)CCn2c(=O)n(C)c3ccccc32)cc1S(=O)(=O)N1CCCCC1. The van der Waals surface area contributed by atoms with Crippen LogP contribution in [0.5, 0.6) is 5.75 Å². The fourth-order valence-electron chi connectivity index (χ4n) is 4.32. The zero-order valence-corrected chi connectivity index (χ0v) is 20.3. The third kappa shape index (κ3) is 4.74. The number of fused-ring (bicyclic) bond motifs is 1. The van der Waals surface area contributed by atoms with E-state index in [9.17, 15) is 18.0 Å². The Bertz CT molecular complexity index is 1350. The number of anilines is 1. The van der Waals surface area contributed by atoms with E-state index in [2.05, 4.69) is 5.32 Å². The van der Waals surface area contributed by atoms with Gasteiger partial charge in [0.1, 0.15) is 10.6 Å². The minimum absolute atomic E-state index is 0.0549. The van der Waals surface area contributed by atoms with Crippen LogP contribution in [0.4, 0.5) is 5.69 Å². The predicted molar refractivity (Wildman–Crippen MR) is 131 cm³/mol. The molecule has 1 saturated heterocycles. The van der Waals surface area contributed by atoms with Crippen LogP contribution in [0.15, 0.2) is 52.2 Å². The van der Waals surface area contributed by atoms with Crippen molar-refractivity contribution in [3.63, 3.8) is 0 Å². The summed E-state index contributed by atoms with van der Waals surface area (Å²) in [4.78, 5) is 25.3. The van der Waals surface area contributed by atoms with E-state index in [0.717, 1.165) is 30.3 Å². The second-order valence-corrected chi connectivity index (χ2v) is 10.2. The molecule has 1 aliphatic heterocycles. The van der Waals surface area contributed by atoms with Gasteiger partial charge in [-0.2, -0.15) is 4.31 Å². The quantitative estimate of drug-likeness (QED) is 0.527. The first-order chi connectivity index (χ1) is 16.3. The summed E-state index contributed by atoms with van der Waals surface area (Å²) in [5.41, 5.74) is 1.74. The van der Waals surface area contributed by atoms with Crippen molar-refractivity contribution in [2.75, 3.05) is 25.0 Å². The van der Waals surface area contributed by atoms with E-state index in [4.69, 9.17) is 4.74 Å². The molecule has 0 radical (unpaired) electrons. The fraction of sp³-hybridized carbons (Fsp3) is 0.417. The van der Waals surface area contributed by atoms with Gasteiger partial charge >= 0.3 is 5.69 Å². The largest absolute Gasteiger partial charge is 0.492 e. The van der Waals surface area contributed by atoms with Gasteiger partial charge in [0.25, 0.3) is 0 Å². The van der Waals surface area contributed by atoms with Crippen molar-refractivity contribution in [2.24, 2.45) is 7.05 Å². The number of nitrogens with one attached hydrogen (secondary N) is 1. The number of para-hydroxylation sites is 2. The van der Waals surface area contributed by atoms with E-state index in [1.165, 1.54) is 10.4 Å². The summed E-state index contributed by atoms with van der Waals surface area (Å²) in [7, 11) is -2.05. The molecule has 10 heteroatoms. The first-order valence-corrected chi connectivity index (χ1v) is 13.0. The molecule has 0 atom stereocenters. The molecule has 2 aromatic carbocycles. The van der Waals surface area contributed by atoms with Crippen molar-refractivity contribution < 1.29 is 17.9 Å². The molecule has 1 amide bonds. The van der Waals surface area contributed by atoms with Crippen LogP contribution >= 0.6 is 0 Å². The highest BCUT2D eigenvalue weighted by Gasteiger charge is 2.29. The van der Waals surface area contributed by atoms with Gasteiger partial charge in [0, 0.05) is 38.8 Å². The number of hydrogen-bond donors (Lipinski definition) is 1. The second-order valence-electron chi connectivity index (χ2n) is 8.34. The standard InChI is InChI=1S/C24H30N4O5S/c1-3-33-21-12-11-18(17-22(21)34(31,32)27-14-7-4-8-15-27)25-23(29)13-16-28-20-10-6-5-9-19(20)26(2)24(28)30/h5-6,9-12,17H,3-4,7-8,13-16H2,1-2H3,(H,25,29). The highest BCUT2D eigenvalue weighted by atomic mass is 32.2. The molecule has 1 fully saturated rings. The lowest BCUT2D eigenvalue weighted by atomic mass is 10.2. The van der Waals surface area contributed by atoms with Crippen LogP contribution in [0.25, 0.3) is 11.0 Å². The predicted octanol–water partition coefficient (Wildman–Crippen LogP) is 2.94. The Labute approximate surface area is 199 Å². The topological polar surface area (TPSA) is 103 Å². The third-order valence-corrected chi connectivity index (χ3v) is 7.99. The number of aromatic nitrogens is 2. The molecular formula is C24H30N4O5S. The Kier molecular flexibility index (Phi) is 7.08. The van der Waals surface area contributed by atoms with Gasteiger partial charge in [0.15, 0.2) is 0 Å². The minimum atomic E-state index is -3.75. The van der Waals surface area contributed by atoms with E-state index in [-0.39, 0.29) is 35.2 Å². The number of aryl methyl sites for hydroxylation is 2. The second kappa shape index (κ2) is 10.0. The molecule has 0 spiro atoms. The van der Waals surface area contributed by atoms with E-state index in [0.29, 0.717) is 25.4 Å². The van der Waals surface area contributed by atoms with Crippen LogP contribution < -0.4 is 15.7 Å². The van der Waals surface area contributed by atoms with Crippen molar-refractivity contribution >= 4 is 32.7 Å². The Morgan fingerprint density at radius 3 is 2.47 bits per heavy atom. The van der Waals surface area contributed by atoms with Crippen molar-refractivity contribution in [2.45, 2.75) is 44.0 Å². The number of ether oxygens (including phenoxy) is 1. The fourth-order valence-corrected chi connectivity index (χ4v) is 6.00.